The Balaban J connectivity index is 0.00000420. The van der Waals surface area contributed by atoms with Gasteiger partial charge in [0.2, 0.25) is 0 Å². The molecule has 1 aliphatic rings. The maximum Gasteiger partial charge on any atom is 0.416 e. The summed E-state index contributed by atoms with van der Waals surface area (Å²) < 4.78 is 80.2. The van der Waals surface area contributed by atoms with E-state index in [1.165, 1.54) is 0 Å². The Morgan fingerprint density at radius 1 is 0.821 bits per heavy atom. The number of rotatable bonds is 7. The second-order valence-electron chi connectivity index (χ2n) is 10.4. The number of quaternary nitrogens is 1. The summed E-state index contributed by atoms with van der Waals surface area (Å²) >= 11 is 0. The number of anilines is 3. The van der Waals surface area contributed by atoms with Crippen LogP contribution in [0.4, 0.5) is 43.4 Å². The van der Waals surface area contributed by atoms with E-state index >= 15 is 0 Å². The van der Waals surface area contributed by atoms with E-state index in [-0.39, 0.29) is 46.5 Å². The van der Waals surface area contributed by atoms with Gasteiger partial charge in [0.25, 0.3) is 10.9 Å². The minimum atomic E-state index is -5.04. The van der Waals surface area contributed by atoms with Crippen molar-refractivity contribution < 1.29 is 47.8 Å². The van der Waals surface area contributed by atoms with E-state index in [1.54, 1.807) is 0 Å². The van der Waals surface area contributed by atoms with Crippen LogP contribution in [0, 0.1) is 0 Å². The van der Waals surface area contributed by atoms with E-state index in [2.05, 4.69) is 24.7 Å². The van der Waals surface area contributed by atoms with Gasteiger partial charge in [0, 0.05) is 17.7 Å². The zero-order valence-corrected chi connectivity index (χ0v) is 22.8. The number of nitrogens with zero attached hydrogens (tertiary/aromatic N) is 1. The highest BCUT2D eigenvalue weighted by molar-refractivity contribution is 5.79. The predicted octanol–water partition coefficient (Wildman–Crippen LogP) is 3.07. The minimum absolute atomic E-state index is 0. The average Bonchev–Trinajstić information content (AvgIpc) is 2.85. The smallest absolute Gasteiger partial charge is 0.416 e. The summed E-state index contributed by atoms with van der Waals surface area (Å²) in [5.74, 6) is 0. The monoisotopic (exact) mass is 619 g/mol. The molecular formula is C27H28BrF6N3O2. The molecule has 3 aromatic carbocycles. The van der Waals surface area contributed by atoms with Gasteiger partial charge in [0.1, 0.15) is 24.0 Å². The largest absolute Gasteiger partial charge is 1.00 e. The summed E-state index contributed by atoms with van der Waals surface area (Å²) in [6.45, 7) is 0.713. The highest BCUT2D eigenvalue weighted by atomic mass is 79.9. The van der Waals surface area contributed by atoms with Crippen LogP contribution < -0.4 is 38.5 Å². The van der Waals surface area contributed by atoms with Gasteiger partial charge in [0.05, 0.1) is 31.3 Å². The maximum absolute atomic E-state index is 13.3. The molecule has 0 heterocycles. The Morgan fingerprint density at radius 3 is 1.92 bits per heavy atom. The van der Waals surface area contributed by atoms with Crippen molar-refractivity contribution in [3.05, 3.63) is 85.7 Å². The summed E-state index contributed by atoms with van der Waals surface area (Å²) in [7, 11) is 4.14. The summed E-state index contributed by atoms with van der Waals surface area (Å²) in [6, 6.07) is 10.7. The summed E-state index contributed by atoms with van der Waals surface area (Å²) in [4.78, 5) is 24.8. The van der Waals surface area contributed by atoms with Crippen molar-refractivity contribution >= 4 is 17.1 Å². The van der Waals surface area contributed by atoms with Crippen LogP contribution in [0.5, 0.6) is 0 Å². The van der Waals surface area contributed by atoms with Crippen molar-refractivity contribution in [1.82, 2.24) is 0 Å². The first-order chi connectivity index (χ1) is 17.7. The minimum Gasteiger partial charge on any atom is -1.00 e. The Morgan fingerprint density at radius 2 is 1.36 bits per heavy atom. The number of halogens is 7. The van der Waals surface area contributed by atoms with Crippen LogP contribution in [0.3, 0.4) is 0 Å². The number of hydrogen-bond donors (Lipinski definition) is 2. The van der Waals surface area contributed by atoms with Gasteiger partial charge in [-0.1, -0.05) is 36.8 Å². The molecule has 1 aliphatic carbocycles. The molecule has 0 aliphatic heterocycles. The molecule has 0 aromatic heterocycles. The quantitative estimate of drug-likeness (QED) is 0.243. The van der Waals surface area contributed by atoms with E-state index in [0.717, 1.165) is 24.8 Å². The third-order valence-corrected chi connectivity index (χ3v) is 7.16. The van der Waals surface area contributed by atoms with Gasteiger partial charge in [-0.3, -0.25) is 9.59 Å². The van der Waals surface area contributed by atoms with Gasteiger partial charge >= 0.3 is 12.4 Å². The first-order valence-electron chi connectivity index (χ1n) is 12.2. The highest BCUT2D eigenvalue weighted by Crippen LogP contribution is 2.39. The Hall–Kier alpha value is -2.86. The summed E-state index contributed by atoms with van der Waals surface area (Å²) in [5, 5.41) is 5.48. The van der Waals surface area contributed by atoms with E-state index < -0.39 is 40.0 Å². The molecule has 2 atom stereocenters. The van der Waals surface area contributed by atoms with Crippen LogP contribution in [0.25, 0.3) is 0 Å². The number of benzene rings is 2. The van der Waals surface area contributed by atoms with Gasteiger partial charge in [0.15, 0.2) is 0 Å². The van der Waals surface area contributed by atoms with Crippen molar-refractivity contribution in [2.24, 2.45) is 0 Å². The molecule has 5 nitrogen and oxygen atoms in total. The molecule has 0 radical (unpaired) electrons. The maximum atomic E-state index is 13.3. The third kappa shape index (κ3) is 6.84. The van der Waals surface area contributed by atoms with Crippen molar-refractivity contribution in [3.63, 3.8) is 0 Å². The molecule has 0 spiro atoms. The molecule has 0 unspecified atom stereocenters. The molecule has 212 valence electrons. The molecule has 4 rings (SSSR count). The zero-order valence-electron chi connectivity index (χ0n) is 21.2. The molecule has 3 aromatic rings. The first kappa shape index (κ1) is 30.7. The van der Waals surface area contributed by atoms with Gasteiger partial charge in [-0.15, -0.1) is 0 Å². The van der Waals surface area contributed by atoms with Crippen molar-refractivity contribution in [2.75, 3.05) is 24.7 Å². The SMILES string of the molecule is C[N+](C)(Cc1ccccc1)[C@H]1CCCC[C@@H]1Nc1c(Nc2cc(C(F)(F)F)cc(C(F)(F)F)c2)c(=O)c1=O.[Br-]. The Labute approximate surface area is 231 Å². The lowest BCUT2D eigenvalue weighted by molar-refractivity contribution is -0.929. The zero-order chi connectivity index (χ0) is 27.9. The van der Waals surface area contributed by atoms with Crippen molar-refractivity contribution in [3.8, 4) is 0 Å². The summed E-state index contributed by atoms with van der Waals surface area (Å²) in [5.41, 5.74) is -4.79. The molecule has 1 saturated carbocycles. The van der Waals surface area contributed by atoms with Crippen LogP contribution in [0.2, 0.25) is 0 Å². The Kier molecular flexibility index (Phi) is 8.91. The van der Waals surface area contributed by atoms with Gasteiger partial charge < -0.3 is 32.1 Å². The molecule has 0 saturated heterocycles. The van der Waals surface area contributed by atoms with Crippen LogP contribution in [0.15, 0.2) is 58.1 Å². The fourth-order valence-corrected chi connectivity index (χ4v) is 5.29. The van der Waals surface area contributed by atoms with Crippen molar-refractivity contribution in [1.29, 1.82) is 0 Å². The normalized spacial score (nSPS) is 18.5. The molecule has 0 amide bonds. The second-order valence-corrected chi connectivity index (χ2v) is 10.4. The van der Waals surface area contributed by atoms with Crippen LogP contribution in [-0.4, -0.2) is 30.7 Å². The molecular weight excluding hydrogens is 592 g/mol. The van der Waals surface area contributed by atoms with Crippen LogP contribution in [-0.2, 0) is 18.9 Å². The van der Waals surface area contributed by atoms with E-state index in [0.29, 0.717) is 29.6 Å². The molecule has 12 heteroatoms. The highest BCUT2D eigenvalue weighted by Gasteiger charge is 2.40. The fourth-order valence-electron chi connectivity index (χ4n) is 5.29. The van der Waals surface area contributed by atoms with Crippen LogP contribution in [0.1, 0.15) is 42.4 Å². The number of alkyl halides is 6. The predicted molar refractivity (Wildman–Crippen MR) is 133 cm³/mol. The molecule has 2 N–H and O–H groups in total. The fraction of sp³-hybridized carbons (Fsp3) is 0.407. The standard InChI is InChI=1S/C27H27F6N3O2.BrH/c1-36(2,15-16-8-4-3-5-9-16)21-11-7-6-10-20(21)35-23-22(24(37)25(23)38)34-19-13-17(26(28,29)30)12-18(14-19)27(31,32)33;/h3-5,8-9,12-14,20-21H,6-7,10-11,15H2,1-2H3,(H-,34,35,37,38);1H/t20-,21-;/m0./s1. The molecule has 39 heavy (non-hydrogen) atoms. The lowest BCUT2D eigenvalue weighted by atomic mass is 9.87. The van der Waals surface area contributed by atoms with E-state index in [1.807, 2.05) is 30.3 Å². The van der Waals surface area contributed by atoms with Gasteiger partial charge in [-0.2, -0.15) is 26.3 Å². The topological polar surface area (TPSA) is 58.2 Å². The molecule has 1 fully saturated rings. The molecule has 0 bridgehead atoms. The number of hydrogen-bond acceptors (Lipinski definition) is 4. The summed E-state index contributed by atoms with van der Waals surface area (Å²) in [6.07, 6.45) is -6.69. The van der Waals surface area contributed by atoms with E-state index in [9.17, 15) is 35.9 Å². The third-order valence-electron chi connectivity index (χ3n) is 7.16. The average molecular weight is 620 g/mol. The lowest BCUT2D eigenvalue weighted by Crippen LogP contribution is -3.00. The van der Waals surface area contributed by atoms with Gasteiger partial charge in [-0.25, -0.2) is 0 Å². The van der Waals surface area contributed by atoms with Crippen molar-refractivity contribution in [2.45, 2.75) is 56.7 Å². The van der Waals surface area contributed by atoms with Gasteiger partial charge in [-0.05, 0) is 31.0 Å². The number of likely N-dealkylation sites (N-methyl/N-ethyl adjacent to an activating group) is 1. The lowest BCUT2D eigenvalue weighted by Gasteiger charge is -2.45. The van der Waals surface area contributed by atoms with E-state index in [4.69, 9.17) is 0 Å². The number of nitrogens with one attached hydrogen (secondary N) is 2. The van der Waals surface area contributed by atoms with Crippen LogP contribution >= 0.6 is 0 Å². The second kappa shape index (κ2) is 11.3. The first-order valence-corrected chi connectivity index (χ1v) is 12.2. The Bertz CT molecular complexity index is 1330.